The number of ether oxygens (including phenoxy) is 1. The van der Waals surface area contributed by atoms with E-state index in [-0.39, 0.29) is 22.9 Å². The molecule has 2 rings (SSSR count). The molecule has 0 radical (unpaired) electrons. The summed E-state index contributed by atoms with van der Waals surface area (Å²) in [5, 5.41) is 2.81. The first-order valence-electron chi connectivity index (χ1n) is 6.13. The van der Waals surface area contributed by atoms with Crippen molar-refractivity contribution in [2.45, 2.75) is 31.2 Å². The van der Waals surface area contributed by atoms with E-state index in [2.05, 4.69) is 9.50 Å². The van der Waals surface area contributed by atoms with Crippen molar-refractivity contribution in [2.75, 3.05) is 6.54 Å². The Kier molecular flexibility index (Phi) is 4.37. The smallest absolute Gasteiger partial charge is 0.486 e. The van der Waals surface area contributed by atoms with Crippen LogP contribution in [0.3, 0.4) is 0 Å². The molecule has 1 aromatic rings. The van der Waals surface area contributed by atoms with Gasteiger partial charge >= 0.3 is 15.6 Å². The molecule has 1 aromatic carbocycles. The second kappa shape index (κ2) is 5.55. The molecule has 22 heavy (non-hydrogen) atoms. The fraction of sp³-hybridized carbons (Fsp3) is 0.500. The van der Waals surface area contributed by atoms with Gasteiger partial charge in [-0.2, -0.15) is 21.6 Å². The molecule has 5 nitrogen and oxygen atoms in total. The van der Waals surface area contributed by atoms with E-state index < -0.39 is 27.5 Å². The van der Waals surface area contributed by atoms with Crippen molar-refractivity contribution in [1.29, 1.82) is 0 Å². The van der Waals surface area contributed by atoms with Crippen molar-refractivity contribution in [3.63, 3.8) is 0 Å². The average molecular weight is 360 g/mol. The summed E-state index contributed by atoms with van der Waals surface area (Å²) in [5.74, 6) is 0.196. The molecule has 0 bridgehead atoms. The van der Waals surface area contributed by atoms with Crippen LogP contribution in [-0.4, -0.2) is 26.1 Å². The topological polar surface area (TPSA) is 64.6 Å². The maximum Gasteiger partial charge on any atom is 0.523 e. The van der Waals surface area contributed by atoms with Gasteiger partial charge < -0.3 is 4.74 Å². The third kappa shape index (κ3) is 3.65. The Labute approximate surface area is 130 Å². The Balaban J connectivity index is 2.44. The van der Waals surface area contributed by atoms with Crippen molar-refractivity contribution in [3.05, 3.63) is 28.8 Å². The summed E-state index contributed by atoms with van der Waals surface area (Å²) in [5.41, 5.74) is -6.22. The summed E-state index contributed by atoms with van der Waals surface area (Å²) in [6, 6.07) is 4.22. The highest BCUT2D eigenvalue weighted by Crippen LogP contribution is 2.37. The van der Waals surface area contributed by atoms with Gasteiger partial charge in [0.15, 0.2) is 6.23 Å². The van der Waals surface area contributed by atoms with Crippen LogP contribution in [0, 0.1) is 0 Å². The molecule has 0 amide bonds. The highest BCUT2D eigenvalue weighted by molar-refractivity contribution is 7.87. The summed E-state index contributed by atoms with van der Waals surface area (Å²) in [7, 11) is -5.77. The molecule has 1 aliphatic rings. The Morgan fingerprint density at radius 2 is 2.05 bits per heavy atom. The summed E-state index contributed by atoms with van der Waals surface area (Å²) >= 11 is 5.82. The fourth-order valence-corrected chi connectivity index (χ4v) is 2.58. The fourth-order valence-electron chi connectivity index (χ4n) is 1.87. The minimum Gasteiger partial charge on any atom is -0.486 e. The summed E-state index contributed by atoms with van der Waals surface area (Å²) in [6.45, 7) is 3.45. The van der Waals surface area contributed by atoms with Gasteiger partial charge in [0.25, 0.3) is 0 Å². The SMILES string of the molecule is CC1(C)CNC(OS(=O)(=O)C(F)(F)F)c2cc(Cl)ccc2O1. The third-order valence-electron chi connectivity index (χ3n) is 2.86. The zero-order chi connectivity index (χ0) is 16.8. The van der Waals surface area contributed by atoms with E-state index in [0.29, 0.717) is 0 Å². The molecule has 1 atom stereocenters. The number of nitrogens with one attached hydrogen (secondary N) is 1. The molecule has 1 aliphatic heterocycles. The van der Waals surface area contributed by atoms with Crippen molar-refractivity contribution < 1.29 is 30.5 Å². The maximum atomic E-state index is 12.5. The molecule has 0 spiro atoms. The lowest BCUT2D eigenvalue weighted by Gasteiger charge is -2.24. The van der Waals surface area contributed by atoms with Crippen LogP contribution in [0.4, 0.5) is 13.2 Å². The lowest BCUT2D eigenvalue weighted by molar-refractivity contribution is -0.0588. The van der Waals surface area contributed by atoms with Crippen LogP contribution in [0.25, 0.3) is 0 Å². The Morgan fingerprint density at radius 1 is 1.41 bits per heavy atom. The van der Waals surface area contributed by atoms with Gasteiger partial charge in [-0.05, 0) is 32.0 Å². The normalized spacial score (nSPS) is 21.6. The van der Waals surface area contributed by atoms with E-state index in [4.69, 9.17) is 16.3 Å². The highest BCUT2D eigenvalue weighted by Gasteiger charge is 2.49. The Hall–Kier alpha value is -1.03. The molecule has 124 valence electrons. The predicted molar refractivity (Wildman–Crippen MR) is 73.0 cm³/mol. The van der Waals surface area contributed by atoms with Crippen molar-refractivity contribution in [1.82, 2.24) is 5.32 Å². The minimum absolute atomic E-state index is 0.0668. The molecule has 1 heterocycles. The lowest BCUT2D eigenvalue weighted by Crippen LogP contribution is -2.40. The summed E-state index contributed by atoms with van der Waals surface area (Å²) in [6.07, 6.45) is -1.55. The van der Waals surface area contributed by atoms with E-state index in [0.717, 1.165) is 0 Å². The van der Waals surface area contributed by atoms with Crippen LogP contribution in [0.5, 0.6) is 5.75 Å². The number of benzene rings is 1. The standard InChI is InChI=1S/C12H13ClF3NO4S/c1-11(2)6-17-10(21-22(18,19)12(14,15)16)8-5-7(13)3-4-9(8)20-11/h3-5,10,17H,6H2,1-2H3. The van der Waals surface area contributed by atoms with Gasteiger partial charge in [0.2, 0.25) is 0 Å². The van der Waals surface area contributed by atoms with E-state index in [1.807, 2.05) is 0 Å². The van der Waals surface area contributed by atoms with E-state index >= 15 is 0 Å². The second-order valence-corrected chi connectivity index (χ2v) is 7.30. The number of hydrogen-bond donors (Lipinski definition) is 1. The van der Waals surface area contributed by atoms with Crippen molar-refractivity contribution in [3.8, 4) is 5.75 Å². The number of rotatable bonds is 2. The predicted octanol–water partition coefficient (Wildman–Crippen LogP) is 2.97. The van der Waals surface area contributed by atoms with Crippen LogP contribution in [-0.2, 0) is 14.3 Å². The lowest BCUT2D eigenvalue weighted by atomic mass is 10.1. The molecular formula is C12H13ClF3NO4S. The molecule has 1 N–H and O–H groups in total. The van der Waals surface area contributed by atoms with Gasteiger partial charge in [-0.3, -0.25) is 5.32 Å². The van der Waals surface area contributed by atoms with Crippen LogP contribution in [0.1, 0.15) is 25.6 Å². The van der Waals surface area contributed by atoms with Crippen LogP contribution < -0.4 is 10.1 Å². The van der Waals surface area contributed by atoms with Gasteiger partial charge in [-0.25, -0.2) is 4.18 Å². The zero-order valence-electron chi connectivity index (χ0n) is 11.6. The van der Waals surface area contributed by atoms with Crippen LogP contribution >= 0.6 is 11.6 Å². The number of halogens is 4. The van der Waals surface area contributed by atoms with E-state index in [1.54, 1.807) is 13.8 Å². The van der Waals surface area contributed by atoms with Gasteiger partial charge in [-0.1, -0.05) is 11.6 Å². The number of fused-ring (bicyclic) bond motifs is 1. The largest absolute Gasteiger partial charge is 0.523 e. The molecule has 0 saturated heterocycles. The number of hydrogen-bond acceptors (Lipinski definition) is 5. The van der Waals surface area contributed by atoms with Gasteiger partial charge in [0, 0.05) is 17.1 Å². The summed E-state index contributed by atoms with van der Waals surface area (Å²) < 4.78 is 69.9. The van der Waals surface area contributed by atoms with Gasteiger partial charge in [0.05, 0.1) is 0 Å². The van der Waals surface area contributed by atoms with Crippen LogP contribution in [0.2, 0.25) is 5.02 Å². The minimum atomic E-state index is -5.77. The second-order valence-electron chi connectivity index (χ2n) is 5.30. The van der Waals surface area contributed by atoms with Gasteiger partial charge in [-0.15, -0.1) is 0 Å². The molecule has 0 saturated carbocycles. The molecule has 0 aliphatic carbocycles. The quantitative estimate of drug-likeness (QED) is 0.649. The Morgan fingerprint density at radius 3 is 2.64 bits per heavy atom. The highest BCUT2D eigenvalue weighted by atomic mass is 35.5. The van der Waals surface area contributed by atoms with Crippen molar-refractivity contribution in [2.24, 2.45) is 0 Å². The monoisotopic (exact) mass is 359 g/mol. The zero-order valence-corrected chi connectivity index (χ0v) is 13.1. The molecule has 1 unspecified atom stereocenters. The van der Waals surface area contributed by atoms with E-state index in [9.17, 15) is 21.6 Å². The summed E-state index contributed by atoms with van der Waals surface area (Å²) in [4.78, 5) is 0. The van der Waals surface area contributed by atoms with E-state index in [1.165, 1.54) is 18.2 Å². The van der Waals surface area contributed by atoms with Crippen molar-refractivity contribution >= 4 is 21.7 Å². The third-order valence-corrected chi connectivity index (χ3v) is 4.11. The molecule has 0 aromatic heterocycles. The molecular weight excluding hydrogens is 347 g/mol. The van der Waals surface area contributed by atoms with Crippen LogP contribution in [0.15, 0.2) is 18.2 Å². The Bertz CT molecular complexity index is 675. The average Bonchev–Trinajstić information content (AvgIpc) is 2.46. The maximum absolute atomic E-state index is 12.5. The van der Waals surface area contributed by atoms with Gasteiger partial charge in [0.1, 0.15) is 11.4 Å². The first-order chi connectivity index (χ1) is 9.91. The number of alkyl halides is 3. The first kappa shape index (κ1) is 17.3. The molecule has 10 heteroatoms. The molecule has 0 fully saturated rings. The first-order valence-corrected chi connectivity index (χ1v) is 7.91.